The van der Waals surface area contributed by atoms with Crippen LogP contribution in [0.3, 0.4) is 0 Å². The summed E-state index contributed by atoms with van der Waals surface area (Å²) in [5.41, 5.74) is 8.99. The number of nitrogens with two attached hydrogens (primary N) is 1. The van der Waals surface area contributed by atoms with Crippen LogP contribution in [0.25, 0.3) is 0 Å². The van der Waals surface area contributed by atoms with Gasteiger partial charge < -0.3 is 5.73 Å². The summed E-state index contributed by atoms with van der Waals surface area (Å²) in [5, 5.41) is 0. The molecular weight excluding hydrogens is 238 g/mol. The second-order valence-corrected chi connectivity index (χ2v) is 4.80. The third-order valence-corrected chi connectivity index (χ3v) is 3.66. The monoisotopic (exact) mass is 253 g/mol. The van der Waals surface area contributed by atoms with Gasteiger partial charge in [-0.15, -0.1) is 0 Å². The van der Waals surface area contributed by atoms with E-state index in [1.165, 1.54) is 17.3 Å². The normalized spacial score (nSPS) is 17.8. The Morgan fingerprint density at radius 2 is 2.00 bits per heavy atom. The van der Waals surface area contributed by atoms with Crippen molar-refractivity contribution in [1.82, 2.24) is 9.97 Å². The highest BCUT2D eigenvalue weighted by molar-refractivity contribution is 5.92. The molecule has 0 fully saturated rings. The molecule has 1 amide bonds. The van der Waals surface area contributed by atoms with Gasteiger partial charge in [0.15, 0.2) is 0 Å². The summed E-state index contributed by atoms with van der Waals surface area (Å²) in [5.74, 6) is -0.382. The summed E-state index contributed by atoms with van der Waals surface area (Å²) in [7, 11) is 0. The number of primary amides is 1. The lowest BCUT2D eigenvalue weighted by molar-refractivity contribution is 0.0993. The molecule has 0 radical (unpaired) electrons. The SMILES string of the molecule is NC(=O)c1nccnc1C1CCCc2ccccc21. The Hall–Kier alpha value is -2.23. The molecule has 1 atom stereocenters. The molecule has 19 heavy (non-hydrogen) atoms. The van der Waals surface area contributed by atoms with Crippen LogP contribution in [0.15, 0.2) is 36.7 Å². The highest BCUT2D eigenvalue weighted by atomic mass is 16.1. The molecule has 96 valence electrons. The summed E-state index contributed by atoms with van der Waals surface area (Å²) >= 11 is 0. The highest BCUT2D eigenvalue weighted by Crippen LogP contribution is 2.36. The van der Waals surface area contributed by atoms with Crippen molar-refractivity contribution in [2.45, 2.75) is 25.2 Å². The van der Waals surface area contributed by atoms with E-state index in [1.807, 2.05) is 12.1 Å². The molecule has 0 spiro atoms. The number of carbonyl (C=O) groups is 1. The van der Waals surface area contributed by atoms with Crippen LogP contribution in [0.5, 0.6) is 0 Å². The van der Waals surface area contributed by atoms with Gasteiger partial charge in [-0.05, 0) is 30.4 Å². The highest BCUT2D eigenvalue weighted by Gasteiger charge is 2.26. The number of hydrogen-bond acceptors (Lipinski definition) is 3. The average molecular weight is 253 g/mol. The molecule has 0 bridgehead atoms. The minimum Gasteiger partial charge on any atom is -0.364 e. The molecular formula is C15H15N3O. The van der Waals surface area contributed by atoms with Crippen molar-refractivity contribution < 1.29 is 4.79 Å². The van der Waals surface area contributed by atoms with Crippen molar-refractivity contribution in [3.8, 4) is 0 Å². The van der Waals surface area contributed by atoms with Crippen LogP contribution in [0.1, 0.15) is 46.1 Å². The van der Waals surface area contributed by atoms with Crippen molar-refractivity contribution in [1.29, 1.82) is 0 Å². The van der Waals surface area contributed by atoms with E-state index in [1.54, 1.807) is 6.20 Å². The standard InChI is InChI=1S/C15H15N3O/c16-15(19)14-13(17-8-9-18-14)12-7-3-5-10-4-1-2-6-11(10)12/h1-2,4,6,8-9,12H,3,5,7H2,(H2,16,19). The lowest BCUT2D eigenvalue weighted by atomic mass is 9.80. The molecule has 1 aliphatic rings. The van der Waals surface area contributed by atoms with Gasteiger partial charge in [-0.2, -0.15) is 0 Å². The van der Waals surface area contributed by atoms with E-state index in [2.05, 4.69) is 22.1 Å². The summed E-state index contributed by atoms with van der Waals surface area (Å²) in [6, 6.07) is 8.32. The zero-order valence-corrected chi connectivity index (χ0v) is 10.5. The Balaban J connectivity index is 2.12. The van der Waals surface area contributed by atoms with Crippen LogP contribution in [0.4, 0.5) is 0 Å². The first-order chi connectivity index (χ1) is 9.27. The molecule has 1 unspecified atom stereocenters. The fraction of sp³-hybridized carbons (Fsp3) is 0.267. The number of benzene rings is 1. The van der Waals surface area contributed by atoms with Gasteiger partial charge in [-0.3, -0.25) is 9.78 Å². The van der Waals surface area contributed by atoms with Crippen molar-refractivity contribution >= 4 is 5.91 Å². The first-order valence-corrected chi connectivity index (χ1v) is 6.46. The molecule has 0 saturated carbocycles. The van der Waals surface area contributed by atoms with Crippen LogP contribution in [0, 0.1) is 0 Å². The average Bonchev–Trinajstić information content (AvgIpc) is 2.46. The molecule has 4 heteroatoms. The van der Waals surface area contributed by atoms with E-state index in [9.17, 15) is 4.79 Å². The van der Waals surface area contributed by atoms with Crippen LogP contribution < -0.4 is 5.73 Å². The molecule has 0 aliphatic heterocycles. The Bertz CT molecular complexity index is 624. The number of carbonyl (C=O) groups excluding carboxylic acids is 1. The molecule has 1 aromatic carbocycles. The maximum absolute atomic E-state index is 11.5. The minimum absolute atomic E-state index is 0.126. The number of hydrogen-bond donors (Lipinski definition) is 1. The fourth-order valence-corrected chi connectivity index (χ4v) is 2.83. The lowest BCUT2D eigenvalue weighted by Crippen LogP contribution is -2.21. The maximum Gasteiger partial charge on any atom is 0.269 e. The molecule has 3 rings (SSSR count). The molecule has 1 heterocycles. The van der Waals surface area contributed by atoms with Gasteiger partial charge >= 0.3 is 0 Å². The Kier molecular flexibility index (Phi) is 2.99. The second-order valence-electron chi connectivity index (χ2n) is 4.80. The molecule has 0 saturated heterocycles. The Morgan fingerprint density at radius 1 is 1.21 bits per heavy atom. The third-order valence-electron chi connectivity index (χ3n) is 3.66. The predicted octanol–water partition coefficient (Wildman–Crippen LogP) is 2.04. The molecule has 1 aromatic heterocycles. The fourth-order valence-electron chi connectivity index (χ4n) is 2.83. The number of amides is 1. The number of fused-ring (bicyclic) bond motifs is 1. The van der Waals surface area contributed by atoms with Crippen LogP contribution in [-0.2, 0) is 6.42 Å². The van der Waals surface area contributed by atoms with Crippen LogP contribution >= 0.6 is 0 Å². The molecule has 4 nitrogen and oxygen atoms in total. The summed E-state index contributed by atoms with van der Waals surface area (Å²) in [6.45, 7) is 0. The predicted molar refractivity (Wildman–Crippen MR) is 71.8 cm³/mol. The maximum atomic E-state index is 11.5. The van der Waals surface area contributed by atoms with E-state index in [4.69, 9.17) is 5.73 Å². The van der Waals surface area contributed by atoms with E-state index < -0.39 is 5.91 Å². The number of rotatable bonds is 2. The van der Waals surface area contributed by atoms with Gasteiger partial charge in [0.1, 0.15) is 5.69 Å². The zero-order chi connectivity index (χ0) is 13.2. The van der Waals surface area contributed by atoms with Gasteiger partial charge in [0.25, 0.3) is 5.91 Å². The van der Waals surface area contributed by atoms with Crippen molar-refractivity contribution in [2.24, 2.45) is 5.73 Å². The molecule has 2 N–H and O–H groups in total. The minimum atomic E-state index is -0.508. The topological polar surface area (TPSA) is 68.9 Å². The lowest BCUT2D eigenvalue weighted by Gasteiger charge is -2.25. The molecule has 2 aromatic rings. The second kappa shape index (κ2) is 4.80. The zero-order valence-electron chi connectivity index (χ0n) is 10.5. The van der Waals surface area contributed by atoms with Crippen LogP contribution in [0.2, 0.25) is 0 Å². The third kappa shape index (κ3) is 2.10. The smallest absolute Gasteiger partial charge is 0.269 e. The van der Waals surface area contributed by atoms with Gasteiger partial charge in [0.05, 0.1) is 5.69 Å². The van der Waals surface area contributed by atoms with E-state index >= 15 is 0 Å². The van der Waals surface area contributed by atoms with Crippen LogP contribution in [-0.4, -0.2) is 15.9 Å². The van der Waals surface area contributed by atoms with Gasteiger partial charge in [0.2, 0.25) is 0 Å². The summed E-state index contributed by atoms with van der Waals surface area (Å²) in [6.07, 6.45) is 6.29. The van der Waals surface area contributed by atoms with Gasteiger partial charge in [-0.25, -0.2) is 4.98 Å². The van der Waals surface area contributed by atoms with E-state index in [0.29, 0.717) is 11.4 Å². The van der Waals surface area contributed by atoms with Crippen molar-refractivity contribution in [3.63, 3.8) is 0 Å². The van der Waals surface area contributed by atoms with Gasteiger partial charge in [0, 0.05) is 18.3 Å². The largest absolute Gasteiger partial charge is 0.364 e. The molecule has 1 aliphatic carbocycles. The quantitative estimate of drug-likeness (QED) is 0.890. The number of nitrogens with zero attached hydrogens (tertiary/aromatic N) is 2. The Morgan fingerprint density at radius 3 is 2.84 bits per heavy atom. The number of aryl methyl sites for hydroxylation is 1. The van der Waals surface area contributed by atoms with E-state index in [-0.39, 0.29) is 5.92 Å². The van der Waals surface area contributed by atoms with Crippen molar-refractivity contribution in [3.05, 3.63) is 59.2 Å². The first-order valence-electron chi connectivity index (χ1n) is 6.46. The summed E-state index contributed by atoms with van der Waals surface area (Å²) in [4.78, 5) is 19.9. The number of aromatic nitrogens is 2. The summed E-state index contributed by atoms with van der Waals surface area (Å²) < 4.78 is 0. The van der Waals surface area contributed by atoms with E-state index in [0.717, 1.165) is 19.3 Å². The van der Waals surface area contributed by atoms with Crippen molar-refractivity contribution in [2.75, 3.05) is 0 Å². The first kappa shape index (κ1) is 11.8. The van der Waals surface area contributed by atoms with Gasteiger partial charge in [-0.1, -0.05) is 24.3 Å². The Labute approximate surface area is 111 Å².